The van der Waals surface area contributed by atoms with Gasteiger partial charge in [0.05, 0.1) is 18.3 Å². The SMILES string of the molecule is CCOc1cc(C=Nc2ccc([C@@H]3Nc4ccc(C)cc4[C@H]4C=CC[C@H]43)cc2)ccc1OCc1cccc(Cl)c1. The van der Waals surface area contributed by atoms with Gasteiger partial charge in [0.15, 0.2) is 11.5 Å². The third-order valence-corrected chi connectivity index (χ3v) is 7.92. The van der Waals surface area contributed by atoms with Crippen molar-refractivity contribution in [1.29, 1.82) is 0 Å². The minimum Gasteiger partial charge on any atom is -0.490 e. The summed E-state index contributed by atoms with van der Waals surface area (Å²) in [6.07, 6.45) is 7.69. The number of hydrogen-bond acceptors (Lipinski definition) is 4. The molecule has 1 heterocycles. The van der Waals surface area contributed by atoms with E-state index in [0.717, 1.165) is 23.2 Å². The van der Waals surface area contributed by atoms with Gasteiger partial charge in [-0.3, -0.25) is 4.99 Å². The van der Waals surface area contributed by atoms with Crippen LogP contribution >= 0.6 is 11.6 Å². The largest absolute Gasteiger partial charge is 0.490 e. The van der Waals surface area contributed by atoms with Gasteiger partial charge >= 0.3 is 0 Å². The molecule has 4 aromatic rings. The van der Waals surface area contributed by atoms with Gasteiger partial charge in [0.25, 0.3) is 0 Å². The standard InChI is InChI=1S/C35H33ClN2O2/c1-3-39-34-20-24(11-17-33(34)40-22-25-6-4-7-27(36)19-25)21-37-28-14-12-26(13-15-28)35-30-9-5-8-29(30)31-18-23(2)10-16-32(31)38-35/h4-8,10-21,29-30,35,38H,3,9,22H2,1-2H3/t29-,30+,35-/m0/s1. The molecule has 4 nitrogen and oxygen atoms in total. The van der Waals surface area contributed by atoms with Crippen molar-refractivity contribution < 1.29 is 9.47 Å². The van der Waals surface area contributed by atoms with Crippen molar-refractivity contribution in [3.63, 3.8) is 0 Å². The lowest BCUT2D eigenvalue weighted by molar-refractivity contribution is 0.269. The topological polar surface area (TPSA) is 42.8 Å². The fourth-order valence-corrected chi connectivity index (χ4v) is 5.95. The van der Waals surface area contributed by atoms with Crippen molar-refractivity contribution in [2.24, 2.45) is 10.9 Å². The Hall–Kier alpha value is -4.02. The Bertz CT molecular complexity index is 1560. The summed E-state index contributed by atoms with van der Waals surface area (Å²) in [6.45, 7) is 5.10. The Balaban J connectivity index is 1.15. The Morgan fingerprint density at radius 1 is 0.950 bits per heavy atom. The molecule has 1 aliphatic heterocycles. The van der Waals surface area contributed by atoms with E-state index in [0.29, 0.717) is 41.6 Å². The van der Waals surface area contributed by atoms with E-state index in [9.17, 15) is 0 Å². The van der Waals surface area contributed by atoms with E-state index >= 15 is 0 Å². The monoisotopic (exact) mass is 548 g/mol. The third-order valence-electron chi connectivity index (χ3n) is 7.68. The first-order valence-electron chi connectivity index (χ1n) is 13.9. The van der Waals surface area contributed by atoms with Crippen LogP contribution < -0.4 is 14.8 Å². The molecule has 1 N–H and O–H groups in total. The molecule has 0 saturated carbocycles. The Morgan fingerprint density at radius 2 is 1.82 bits per heavy atom. The summed E-state index contributed by atoms with van der Waals surface area (Å²) in [5.74, 6) is 2.39. The van der Waals surface area contributed by atoms with Gasteiger partial charge in [0.1, 0.15) is 6.61 Å². The Labute approximate surface area is 241 Å². The van der Waals surface area contributed by atoms with Crippen molar-refractivity contribution >= 4 is 29.2 Å². The highest BCUT2D eigenvalue weighted by atomic mass is 35.5. The zero-order valence-corrected chi connectivity index (χ0v) is 23.6. The summed E-state index contributed by atoms with van der Waals surface area (Å²) in [4.78, 5) is 4.74. The number of halogens is 1. The van der Waals surface area contributed by atoms with E-state index in [1.807, 2.05) is 55.6 Å². The molecular weight excluding hydrogens is 516 g/mol. The molecule has 0 amide bonds. The third kappa shape index (κ3) is 5.64. The van der Waals surface area contributed by atoms with Crippen LogP contribution in [0.4, 0.5) is 11.4 Å². The molecule has 0 bridgehead atoms. The number of ether oxygens (including phenoxy) is 2. The number of nitrogens with one attached hydrogen (secondary N) is 1. The second-order valence-corrected chi connectivity index (χ2v) is 10.9. The van der Waals surface area contributed by atoms with Crippen molar-refractivity contribution in [2.75, 3.05) is 11.9 Å². The van der Waals surface area contributed by atoms with E-state index in [1.165, 1.54) is 22.4 Å². The number of aryl methyl sites for hydroxylation is 1. The van der Waals surface area contributed by atoms with Crippen molar-refractivity contribution in [1.82, 2.24) is 0 Å². The van der Waals surface area contributed by atoms with Crippen LogP contribution in [0.2, 0.25) is 5.02 Å². The molecule has 0 aromatic heterocycles. The highest BCUT2D eigenvalue weighted by Crippen LogP contribution is 2.50. The van der Waals surface area contributed by atoms with Gasteiger partial charge < -0.3 is 14.8 Å². The summed E-state index contributed by atoms with van der Waals surface area (Å²) in [5, 5.41) is 4.52. The molecule has 4 aromatic carbocycles. The van der Waals surface area contributed by atoms with Gasteiger partial charge in [-0.1, -0.05) is 65.7 Å². The number of allylic oxidation sites excluding steroid dienone is 2. The minimum atomic E-state index is 0.279. The molecule has 6 rings (SSSR count). The molecule has 0 unspecified atom stereocenters. The van der Waals surface area contributed by atoms with Gasteiger partial charge in [0, 0.05) is 22.8 Å². The average Bonchev–Trinajstić information content (AvgIpc) is 3.46. The highest BCUT2D eigenvalue weighted by molar-refractivity contribution is 6.30. The minimum absolute atomic E-state index is 0.279. The summed E-state index contributed by atoms with van der Waals surface area (Å²) in [5.41, 5.74) is 8.14. The lowest BCUT2D eigenvalue weighted by Gasteiger charge is -2.37. The van der Waals surface area contributed by atoms with Crippen LogP contribution in [0.3, 0.4) is 0 Å². The van der Waals surface area contributed by atoms with Crippen LogP contribution in [-0.2, 0) is 6.61 Å². The number of hydrogen-bond donors (Lipinski definition) is 1. The first kappa shape index (κ1) is 26.2. The molecule has 5 heteroatoms. The molecule has 1 aliphatic carbocycles. The highest BCUT2D eigenvalue weighted by Gasteiger charge is 2.37. The number of anilines is 1. The first-order valence-corrected chi connectivity index (χ1v) is 14.3. The van der Waals surface area contributed by atoms with E-state index in [4.69, 9.17) is 26.1 Å². The van der Waals surface area contributed by atoms with Crippen molar-refractivity contribution in [3.8, 4) is 11.5 Å². The number of rotatable bonds is 8. The van der Waals surface area contributed by atoms with Gasteiger partial charge in [-0.15, -0.1) is 0 Å². The van der Waals surface area contributed by atoms with E-state index < -0.39 is 0 Å². The Morgan fingerprint density at radius 3 is 2.65 bits per heavy atom. The maximum atomic E-state index is 6.11. The predicted molar refractivity (Wildman–Crippen MR) is 165 cm³/mol. The van der Waals surface area contributed by atoms with E-state index in [-0.39, 0.29) is 6.04 Å². The molecule has 202 valence electrons. The van der Waals surface area contributed by atoms with Gasteiger partial charge in [-0.25, -0.2) is 0 Å². The smallest absolute Gasteiger partial charge is 0.161 e. The quantitative estimate of drug-likeness (QED) is 0.176. The maximum Gasteiger partial charge on any atom is 0.161 e. The zero-order valence-electron chi connectivity index (χ0n) is 22.8. The van der Waals surface area contributed by atoms with Crippen LogP contribution in [0, 0.1) is 12.8 Å². The molecular formula is C35H33ClN2O2. The molecule has 0 fully saturated rings. The number of aliphatic imine (C=N–C) groups is 1. The normalized spacial score (nSPS) is 19.2. The Kier molecular flexibility index (Phi) is 7.61. The van der Waals surface area contributed by atoms with Gasteiger partial charge in [-0.05, 0) is 97.0 Å². The molecule has 0 saturated heterocycles. The van der Waals surface area contributed by atoms with E-state index in [1.54, 1.807) is 0 Å². The lowest BCUT2D eigenvalue weighted by Crippen LogP contribution is -2.29. The van der Waals surface area contributed by atoms with E-state index in [2.05, 4.69) is 66.9 Å². The predicted octanol–water partition coefficient (Wildman–Crippen LogP) is 9.20. The van der Waals surface area contributed by atoms with Crippen LogP contribution in [0.1, 0.15) is 53.1 Å². The second kappa shape index (κ2) is 11.6. The number of fused-ring (bicyclic) bond motifs is 3. The van der Waals surface area contributed by atoms with Gasteiger partial charge in [0.2, 0.25) is 0 Å². The molecule has 0 radical (unpaired) electrons. The molecule has 40 heavy (non-hydrogen) atoms. The first-order chi connectivity index (χ1) is 19.6. The van der Waals surface area contributed by atoms with Gasteiger partial charge in [-0.2, -0.15) is 0 Å². The van der Waals surface area contributed by atoms with Crippen LogP contribution in [0.15, 0.2) is 102 Å². The summed E-state index contributed by atoms with van der Waals surface area (Å²) >= 11 is 6.11. The molecule has 3 atom stereocenters. The fraction of sp³-hybridized carbons (Fsp3) is 0.229. The summed E-state index contributed by atoms with van der Waals surface area (Å²) in [7, 11) is 0. The number of nitrogens with zero attached hydrogens (tertiary/aromatic N) is 1. The summed E-state index contributed by atoms with van der Waals surface area (Å²) in [6, 6.07) is 29.2. The van der Waals surface area contributed by atoms with Crippen LogP contribution in [0.5, 0.6) is 11.5 Å². The zero-order chi connectivity index (χ0) is 27.5. The second-order valence-electron chi connectivity index (χ2n) is 10.5. The summed E-state index contributed by atoms with van der Waals surface area (Å²) < 4.78 is 11.9. The number of benzene rings is 4. The van der Waals surface area contributed by atoms with Crippen LogP contribution in [0.25, 0.3) is 0 Å². The average molecular weight is 549 g/mol. The van der Waals surface area contributed by atoms with Crippen molar-refractivity contribution in [3.05, 3.63) is 130 Å². The van der Waals surface area contributed by atoms with Crippen molar-refractivity contribution in [2.45, 2.75) is 38.8 Å². The lowest BCUT2D eigenvalue weighted by atomic mass is 9.76. The molecule has 2 aliphatic rings. The maximum absolute atomic E-state index is 6.11. The van der Waals surface area contributed by atoms with Crippen LogP contribution in [-0.4, -0.2) is 12.8 Å². The fourth-order valence-electron chi connectivity index (χ4n) is 5.74. The molecule has 0 spiro atoms.